The molecule has 2 heterocycles. The molecule has 2 aromatic carbocycles. The maximum Gasteiger partial charge on any atom is 0.224 e. The third kappa shape index (κ3) is 3.24. The second-order valence-electron chi connectivity index (χ2n) is 6.20. The van der Waals surface area contributed by atoms with Gasteiger partial charge in [0.2, 0.25) is 5.91 Å². The summed E-state index contributed by atoms with van der Waals surface area (Å²) in [4.78, 5) is 15.7. The highest BCUT2D eigenvalue weighted by Crippen LogP contribution is 2.31. The zero-order valence-electron chi connectivity index (χ0n) is 14.5. The van der Waals surface area contributed by atoms with Crippen LogP contribution in [-0.2, 0) is 11.2 Å². The highest BCUT2D eigenvalue weighted by molar-refractivity contribution is 5.95. The van der Waals surface area contributed by atoms with E-state index in [1.807, 2.05) is 47.2 Å². The van der Waals surface area contributed by atoms with Crippen LogP contribution < -0.4 is 10.1 Å². The molecule has 3 aromatic rings. The number of amides is 1. The molecule has 1 aromatic heterocycles. The van der Waals surface area contributed by atoms with Crippen LogP contribution >= 0.6 is 0 Å². The fraction of sp³-hybridized carbons (Fsp3) is 0.143. The Morgan fingerprint density at radius 2 is 1.96 bits per heavy atom. The fourth-order valence-corrected chi connectivity index (χ4v) is 3.13. The molecular formula is C21H19N3O2. The van der Waals surface area contributed by atoms with Crippen LogP contribution in [-0.4, -0.2) is 22.6 Å². The predicted octanol–water partition coefficient (Wildman–Crippen LogP) is 3.82. The third-order valence-electron chi connectivity index (χ3n) is 4.52. The largest absolute Gasteiger partial charge is 0.497 e. The van der Waals surface area contributed by atoms with Gasteiger partial charge in [0.15, 0.2) is 0 Å². The van der Waals surface area contributed by atoms with E-state index in [2.05, 4.69) is 22.6 Å². The van der Waals surface area contributed by atoms with Crippen LogP contribution in [0.4, 0.5) is 5.69 Å². The Labute approximate surface area is 152 Å². The molecule has 130 valence electrons. The Bertz CT molecular complexity index is 957. The number of imidazole rings is 1. The normalized spacial score (nSPS) is 13.9. The number of anilines is 1. The van der Waals surface area contributed by atoms with Gasteiger partial charge in [-0.2, -0.15) is 0 Å². The Hall–Kier alpha value is -3.34. The van der Waals surface area contributed by atoms with E-state index >= 15 is 0 Å². The van der Waals surface area contributed by atoms with Crippen LogP contribution in [0.15, 0.2) is 61.2 Å². The number of rotatable bonds is 4. The fourth-order valence-electron chi connectivity index (χ4n) is 3.13. The number of aromatic nitrogens is 2. The van der Waals surface area contributed by atoms with Gasteiger partial charge in [-0.05, 0) is 47.4 Å². The van der Waals surface area contributed by atoms with E-state index in [9.17, 15) is 4.79 Å². The molecule has 0 fully saturated rings. The summed E-state index contributed by atoms with van der Waals surface area (Å²) in [5.41, 5.74) is 5.32. The molecule has 4 rings (SSSR count). The van der Waals surface area contributed by atoms with Crippen molar-refractivity contribution >= 4 is 23.4 Å². The summed E-state index contributed by atoms with van der Waals surface area (Å²) in [7, 11) is 1.66. The van der Waals surface area contributed by atoms with Crippen LogP contribution in [0, 0.1) is 0 Å². The van der Waals surface area contributed by atoms with E-state index in [0.717, 1.165) is 40.1 Å². The topological polar surface area (TPSA) is 56.2 Å². The van der Waals surface area contributed by atoms with Crippen LogP contribution in [0.2, 0.25) is 0 Å². The lowest BCUT2D eigenvalue weighted by Gasteiger charge is -2.19. The standard InChI is InChI=1S/C21H19N3O2/c1-26-18-6-2-15(3-7-18)19(13-24-11-10-22-14-24)16-4-8-20-17(12-16)5-9-21(25)23-20/h2-4,6-8,10-14H,5,9H2,1H3,(H,23,25). The van der Waals surface area contributed by atoms with Crippen LogP contribution in [0.3, 0.4) is 0 Å². The number of fused-ring (bicyclic) bond motifs is 1. The molecule has 5 heteroatoms. The summed E-state index contributed by atoms with van der Waals surface area (Å²) < 4.78 is 7.20. The lowest BCUT2D eigenvalue weighted by Crippen LogP contribution is -2.18. The number of hydrogen-bond acceptors (Lipinski definition) is 3. The van der Waals surface area contributed by atoms with Gasteiger partial charge in [-0.15, -0.1) is 0 Å². The number of benzene rings is 2. The van der Waals surface area contributed by atoms with Gasteiger partial charge < -0.3 is 14.6 Å². The minimum absolute atomic E-state index is 0.0783. The number of ether oxygens (including phenoxy) is 1. The van der Waals surface area contributed by atoms with Crippen molar-refractivity contribution in [1.29, 1.82) is 0 Å². The van der Waals surface area contributed by atoms with Crippen LogP contribution in [0.25, 0.3) is 11.8 Å². The lowest BCUT2D eigenvalue weighted by atomic mass is 9.94. The van der Waals surface area contributed by atoms with Crippen LogP contribution in [0.5, 0.6) is 5.75 Å². The quantitative estimate of drug-likeness (QED) is 0.782. The van der Waals surface area contributed by atoms with Crippen molar-refractivity contribution in [2.75, 3.05) is 12.4 Å². The Morgan fingerprint density at radius 3 is 2.69 bits per heavy atom. The van der Waals surface area contributed by atoms with E-state index in [0.29, 0.717) is 6.42 Å². The monoisotopic (exact) mass is 345 g/mol. The Morgan fingerprint density at radius 1 is 1.15 bits per heavy atom. The summed E-state index contributed by atoms with van der Waals surface area (Å²) in [5, 5.41) is 2.94. The molecule has 0 radical (unpaired) electrons. The molecule has 26 heavy (non-hydrogen) atoms. The van der Waals surface area contributed by atoms with Crippen molar-refractivity contribution < 1.29 is 9.53 Å². The Balaban J connectivity index is 1.79. The van der Waals surface area contributed by atoms with Crippen molar-refractivity contribution in [1.82, 2.24) is 9.55 Å². The molecule has 1 aliphatic rings. The van der Waals surface area contributed by atoms with E-state index in [1.165, 1.54) is 0 Å². The summed E-state index contributed by atoms with van der Waals surface area (Å²) >= 11 is 0. The molecule has 0 atom stereocenters. The van der Waals surface area contributed by atoms with Crippen LogP contribution in [0.1, 0.15) is 23.1 Å². The molecule has 1 N–H and O–H groups in total. The molecule has 0 aliphatic carbocycles. The zero-order chi connectivity index (χ0) is 17.9. The van der Waals surface area contributed by atoms with Gasteiger partial charge in [0.25, 0.3) is 0 Å². The third-order valence-corrected chi connectivity index (χ3v) is 4.52. The average Bonchev–Trinajstić information content (AvgIpc) is 3.19. The number of carbonyl (C=O) groups is 1. The molecule has 0 spiro atoms. The van der Waals surface area contributed by atoms with Gasteiger partial charge in [-0.1, -0.05) is 18.2 Å². The number of nitrogens with one attached hydrogen (secondary N) is 1. The van der Waals surface area contributed by atoms with Crippen molar-refractivity contribution in [2.24, 2.45) is 0 Å². The summed E-state index contributed by atoms with van der Waals surface area (Å²) in [6, 6.07) is 14.2. The minimum atomic E-state index is 0.0783. The second kappa shape index (κ2) is 6.88. The minimum Gasteiger partial charge on any atom is -0.497 e. The smallest absolute Gasteiger partial charge is 0.224 e. The molecule has 1 amide bonds. The molecule has 0 saturated heterocycles. The summed E-state index contributed by atoms with van der Waals surface area (Å²) in [6.45, 7) is 0. The highest BCUT2D eigenvalue weighted by atomic mass is 16.5. The van der Waals surface area contributed by atoms with E-state index in [4.69, 9.17) is 4.74 Å². The first-order chi connectivity index (χ1) is 12.7. The number of hydrogen-bond donors (Lipinski definition) is 1. The molecule has 0 saturated carbocycles. The molecular weight excluding hydrogens is 326 g/mol. The molecule has 0 bridgehead atoms. The summed E-state index contributed by atoms with van der Waals surface area (Å²) in [6.07, 6.45) is 8.77. The first-order valence-electron chi connectivity index (χ1n) is 8.50. The number of aryl methyl sites for hydroxylation is 1. The number of methoxy groups -OCH3 is 1. The zero-order valence-corrected chi connectivity index (χ0v) is 14.5. The van der Waals surface area contributed by atoms with Crippen molar-refractivity contribution in [3.05, 3.63) is 77.9 Å². The van der Waals surface area contributed by atoms with E-state index in [-0.39, 0.29) is 5.91 Å². The SMILES string of the molecule is COc1ccc(C(=Cn2ccnc2)c2ccc3c(c2)CCC(=O)N3)cc1. The van der Waals surface area contributed by atoms with Gasteiger partial charge in [0.05, 0.1) is 13.4 Å². The number of nitrogens with zero attached hydrogens (tertiary/aromatic N) is 2. The Kier molecular flexibility index (Phi) is 4.27. The van der Waals surface area contributed by atoms with E-state index in [1.54, 1.807) is 19.6 Å². The summed E-state index contributed by atoms with van der Waals surface area (Å²) in [5.74, 6) is 0.901. The maximum atomic E-state index is 11.6. The maximum absolute atomic E-state index is 11.6. The first kappa shape index (κ1) is 16.1. The predicted molar refractivity (Wildman–Crippen MR) is 102 cm³/mol. The van der Waals surface area contributed by atoms with Gasteiger partial charge >= 0.3 is 0 Å². The van der Waals surface area contributed by atoms with Crippen molar-refractivity contribution in [3.63, 3.8) is 0 Å². The molecule has 1 aliphatic heterocycles. The lowest BCUT2D eigenvalue weighted by molar-refractivity contribution is -0.116. The van der Waals surface area contributed by atoms with E-state index < -0.39 is 0 Å². The molecule has 0 unspecified atom stereocenters. The number of carbonyl (C=O) groups excluding carboxylic acids is 1. The first-order valence-corrected chi connectivity index (χ1v) is 8.50. The van der Waals surface area contributed by atoms with Gasteiger partial charge in [0, 0.05) is 36.3 Å². The average molecular weight is 345 g/mol. The van der Waals surface area contributed by atoms with Gasteiger partial charge in [-0.3, -0.25) is 4.79 Å². The van der Waals surface area contributed by atoms with Crippen molar-refractivity contribution in [2.45, 2.75) is 12.8 Å². The van der Waals surface area contributed by atoms with Gasteiger partial charge in [0.1, 0.15) is 5.75 Å². The second-order valence-corrected chi connectivity index (χ2v) is 6.20. The highest BCUT2D eigenvalue weighted by Gasteiger charge is 2.16. The van der Waals surface area contributed by atoms with Gasteiger partial charge in [-0.25, -0.2) is 4.98 Å². The van der Waals surface area contributed by atoms with Crippen molar-refractivity contribution in [3.8, 4) is 5.75 Å². The molecule has 5 nitrogen and oxygen atoms in total.